The van der Waals surface area contributed by atoms with Crippen LogP contribution in [0.5, 0.6) is 0 Å². The van der Waals surface area contributed by atoms with Gasteiger partial charge in [-0.3, -0.25) is 0 Å². The zero-order chi connectivity index (χ0) is 11.1. The number of hydrogen-bond donors (Lipinski definition) is 2. The van der Waals surface area contributed by atoms with Crippen molar-refractivity contribution in [1.29, 1.82) is 0 Å². The summed E-state index contributed by atoms with van der Waals surface area (Å²) in [6.45, 7) is 2.19. The first kappa shape index (κ1) is 13.8. The molecule has 0 bridgehead atoms. The second kappa shape index (κ2) is 4.56. The van der Waals surface area contributed by atoms with Crippen LogP contribution in [0.1, 0.15) is 25.6 Å². The molecule has 1 heterocycles. The third-order valence-corrected chi connectivity index (χ3v) is 3.34. The van der Waals surface area contributed by atoms with Crippen LogP contribution in [0, 0.1) is 5.41 Å². The lowest BCUT2D eigenvalue weighted by atomic mass is 9.58. The first-order valence-corrected chi connectivity index (χ1v) is 5.65. The number of rotatable bonds is 2. The lowest BCUT2D eigenvalue weighted by Gasteiger charge is -2.50. The normalized spacial score (nSPS) is 32.8. The highest BCUT2D eigenvalue weighted by Gasteiger charge is 2.51. The second-order valence-corrected chi connectivity index (χ2v) is 5.62. The van der Waals surface area contributed by atoms with Crippen molar-refractivity contribution in [3.05, 3.63) is 22.7 Å². The maximum Gasteiger partial charge on any atom is 0.148 e. The maximum atomic E-state index is 9.16. The van der Waals surface area contributed by atoms with Crippen molar-refractivity contribution in [2.45, 2.75) is 25.3 Å². The highest BCUT2D eigenvalue weighted by Crippen LogP contribution is 2.50. The van der Waals surface area contributed by atoms with E-state index in [2.05, 4.69) is 25.9 Å². The van der Waals surface area contributed by atoms with Gasteiger partial charge in [-0.15, -0.1) is 0 Å². The summed E-state index contributed by atoms with van der Waals surface area (Å²) in [5.41, 5.74) is 5.65. The van der Waals surface area contributed by atoms with Gasteiger partial charge in [-0.1, -0.05) is 6.92 Å². The summed E-state index contributed by atoms with van der Waals surface area (Å²) in [6, 6.07) is 0. The Hall–Kier alpha value is -0.230. The van der Waals surface area contributed by atoms with Crippen molar-refractivity contribution in [2.75, 3.05) is 6.61 Å². The van der Waals surface area contributed by atoms with Gasteiger partial charge in [0.1, 0.15) is 5.82 Å². The summed E-state index contributed by atoms with van der Waals surface area (Å²) in [6.07, 6.45) is 4.87. The van der Waals surface area contributed by atoms with E-state index in [1.165, 1.54) is 0 Å². The third kappa shape index (κ3) is 2.37. The summed E-state index contributed by atoms with van der Waals surface area (Å²) in [7, 11) is 0. The van der Waals surface area contributed by atoms with Crippen LogP contribution < -0.4 is 18.1 Å². The topological polar surface area (TPSA) is 72.0 Å². The Bertz CT molecular complexity index is 365. The Morgan fingerprint density at radius 2 is 1.94 bits per heavy atom. The van der Waals surface area contributed by atoms with E-state index in [0.29, 0.717) is 5.82 Å². The molecule has 6 heteroatoms. The smallest absolute Gasteiger partial charge is 0.148 e. The predicted molar refractivity (Wildman–Crippen MR) is 60.0 cm³/mol. The van der Waals surface area contributed by atoms with Gasteiger partial charge >= 0.3 is 0 Å². The van der Waals surface area contributed by atoms with Crippen molar-refractivity contribution in [3.63, 3.8) is 0 Å². The largest absolute Gasteiger partial charge is 1.00 e. The number of hydrogen-bond acceptors (Lipinski definition) is 4. The molecule has 3 N–H and O–H groups in total. The van der Waals surface area contributed by atoms with Gasteiger partial charge in [0.05, 0.1) is 10.0 Å². The summed E-state index contributed by atoms with van der Waals surface area (Å²) in [5.74, 6) is 0.664. The molecular formula is C10H14BrClN3O-. The molecule has 0 unspecified atom stereocenters. The molecule has 16 heavy (non-hydrogen) atoms. The lowest BCUT2D eigenvalue weighted by molar-refractivity contribution is -0.0148. The van der Waals surface area contributed by atoms with Crippen LogP contribution in [-0.4, -0.2) is 21.7 Å². The Morgan fingerprint density at radius 1 is 1.44 bits per heavy atom. The van der Waals surface area contributed by atoms with Crippen molar-refractivity contribution in [2.24, 2.45) is 11.1 Å². The van der Waals surface area contributed by atoms with E-state index >= 15 is 0 Å². The minimum Gasteiger partial charge on any atom is -1.00 e. The number of nitrogens with zero attached hydrogens (tertiary/aromatic N) is 2. The highest BCUT2D eigenvalue weighted by molar-refractivity contribution is 9.10. The van der Waals surface area contributed by atoms with E-state index in [9.17, 15) is 0 Å². The molecule has 2 rings (SSSR count). The molecule has 1 aromatic rings. The molecule has 4 nitrogen and oxygen atoms in total. The van der Waals surface area contributed by atoms with Crippen molar-refractivity contribution < 1.29 is 17.5 Å². The molecule has 1 fully saturated rings. The van der Waals surface area contributed by atoms with E-state index < -0.39 is 5.54 Å². The van der Waals surface area contributed by atoms with Crippen LogP contribution in [0.15, 0.2) is 16.9 Å². The van der Waals surface area contributed by atoms with Crippen LogP contribution in [-0.2, 0) is 5.54 Å². The molecular weight excluding hydrogens is 293 g/mol. The van der Waals surface area contributed by atoms with E-state index in [-0.39, 0.29) is 24.4 Å². The molecule has 0 atom stereocenters. The minimum atomic E-state index is -0.460. The number of halogens is 2. The quantitative estimate of drug-likeness (QED) is 0.676. The van der Waals surface area contributed by atoms with Gasteiger partial charge in [-0.2, -0.15) is 0 Å². The Labute approximate surface area is 109 Å². The summed E-state index contributed by atoms with van der Waals surface area (Å²) >= 11 is 3.28. The molecule has 0 aliphatic heterocycles. The molecule has 0 amide bonds. The fraction of sp³-hybridized carbons (Fsp3) is 0.600. The maximum absolute atomic E-state index is 9.16. The van der Waals surface area contributed by atoms with Crippen molar-refractivity contribution in [1.82, 2.24) is 9.97 Å². The Morgan fingerprint density at radius 3 is 2.38 bits per heavy atom. The van der Waals surface area contributed by atoms with Crippen LogP contribution >= 0.6 is 15.9 Å². The van der Waals surface area contributed by atoms with Gasteiger partial charge in [0.15, 0.2) is 0 Å². The molecule has 1 aliphatic carbocycles. The van der Waals surface area contributed by atoms with Gasteiger partial charge in [0.2, 0.25) is 0 Å². The van der Waals surface area contributed by atoms with E-state index in [1.54, 1.807) is 12.4 Å². The number of aliphatic hydroxyl groups is 1. The lowest BCUT2D eigenvalue weighted by Crippen LogP contribution is -3.00. The van der Waals surface area contributed by atoms with E-state index in [4.69, 9.17) is 10.8 Å². The Balaban J connectivity index is 0.00000128. The molecule has 0 radical (unpaired) electrons. The van der Waals surface area contributed by atoms with Gasteiger partial charge < -0.3 is 23.2 Å². The number of aliphatic hydroxyl groups excluding tert-OH is 1. The van der Waals surface area contributed by atoms with Crippen molar-refractivity contribution >= 4 is 15.9 Å². The first-order chi connectivity index (χ1) is 6.97. The third-order valence-electron chi connectivity index (χ3n) is 2.93. The Kier molecular flexibility index (Phi) is 3.95. The van der Waals surface area contributed by atoms with Gasteiger partial charge in [0.25, 0.3) is 0 Å². The van der Waals surface area contributed by atoms with Crippen LogP contribution in [0.4, 0.5) is 0 Å². The number of aromatic nitrogens is 2. The number of nitrogens with two attached hydrogens (primary N) is 1. The average Bonchev–Trinajstić information content (AvgIpc) is 2.16. The first-order valence-electron chi connectivity index (χ1n) is 4.85. The van der Waals surface area contributed by atoms with Crippen LogP contribution in [0.25, 0.3) is 0 Å². The summed E-state index contributed by atoms with van der Waals surface area (Å²) in [5, 5.41) is 9.16. The minimum absolute atomic E-state index is 0. The zero-order valence-electron chi connectivity index (χ0n) is 8.95. The molecule has 0 spiro atoms. The molecule has 0 saturated heterocycles. The fourth-order valence-corrected chi connectivity index (χ4v) is 2.52. The molecule has 1 aliphatic rings. The van der Waals surface area contributed by atoms with E-state index in [0.717, 1.165) is 17.3 Å². The predicted octanol–water partition coefficient (Wildman–Crippen LogP) is -1.81. The molecule has 0 aromatic carbocycles. The molecule has 90 valence electrons. The van der Waals surface area contributed by atoms with Crippen LogP contribution in [0.3, 0.4) is 0 Å². The summed E-state index contributed by atoms with van der Waals surface area (Å²) < 4.78 is 0.846. The standard InChI is InChI=1S/C10H14BrN3O.ClH/c1-9(6-15)4-10(12,5-9)8-13-2-7(11)3-14-8;/h2-3,15H,4-6,12H2,1H3;1H/p-1. The van der Waals surface area contributed by atoms with Crippen LogP contribution in [0.2, 0.25) is 0 Å². The average molecular weight is 308 g/mol. The zero-order valence-corrected chi connectivity index (χ0v) is 11.3. The fourth-order valence-electron chi connectivity index (χ4n) is 2.31. The highest BCUT2D eigenvalue weighted by atomic mass is 79.9. The molecule has 1 aromatic heterocycles. The van der Waals surface area contributed by atoms with Gasteiger partial charge in [0, 0.05) is 19.0 Å². The van der Waals surface area contributed by atoms with Gasteiger partial charge in [-0.05, 0) is 34.2 Å². The SMILES string of the molecule is CC1(CO)CC(N)(c2ncc(Br)cn2)C1.[Cl-]. The summed E-state index contributed by atoms with van der Waals surface area (Å²) in [4.78, 5) is 8.41. The monoisotopic (exact) mass is 306 g/mol. The van der Waals surface area contributed by atoms with E-state index in [1.807, 2.05) is 6.92 Å². The second-order valence-electron chi connectivity index (χ2n) is 4.70. The van der Waals surface area contributed by atoms with Crippen molar-refractivity contribution in [3.8, 4) is 0 Å². The molecule has 1 saturated carbocycles. The van der Waals surface area contributed by atoms with Gasteiger partial charge in [-0.25, -0.2) is 9.97 Å².